The molecule has 1 aliphatic rings. The Morgan fingerprint density at radius 2 is 1.16 bits per heavy atom. The molecule has 2 atom stereocenters. The molecule has 170 valence electrons. The summed E-state index contributed by atoms with van der Waals surface area (Å²) in [6.07, 6.45) is 10.3. The van der Waals surface area contributed by atoms with Gasteiger partial charge in [0.25, 0.3) is 0 Å². The Kier molecular flexibility index (Phi) is 15.1. The van der Waals surface area contributed by atoms with E-state index in [1.165, 1.54) is 58.9 Å². The van der Waals surface area contributed by atoms with Gasteiger partial charge in [0.05, 0.1) is 0 Å². The van der Waals surface area contributed by atoms with Gasteiger partial charge in [-0.15, -0.1) is 6.92 Å². The van der Waals surface area contributed by atoms with Crippen LogP contribution in [0.15, 0.2) is 77.4 Å². The van der Waals surface area contributed by atoms with Crippen molar-refractivity contribution in [2.75, 3.05) is 12.3 Å². The Hall–Kier alpha value is -0.307. The second kappa shape index (κ2) is 16.3. The summed E-state index contributed by atoms with van der Waals surface area (Å²) in [5.41, 5.74) is 4.39. The molecular weight excluding hydrogens is 523 g/mol. The fourth-order valence-corrected chi connectivity index (χ4v) is 5.70. The summed E-state index contributed by atoms with van der Waals surface area (Å²) < 4.78 is 0. The molecule has 0 spiro atoms. The van der Waals surface area contributed by atoms with Crippen molar-refractivity contribution in [2.24, 2.45) is 5.41 Å². The molecule has 2 aromatic carbocycles. The molecule has 0 bridgehead atoms. The van der Waals surface area contributed by atoms with Crippen LogP contribution >= 0.6 is 26.9 Å². The minimum Gasteiger partial charge on any atom is -0.0904 e. The second-order valence-electron chi connectivity index (χ2n) is 8.27. The van der Waals surface area contributed by atoms with Gasteiger partial charge < -0.3 is 0 Å². The SMILES string of the molecule is CC1=[C-]C(C)(C)C(C)=C1C.[Cl][Ru+].c1ccc(PCCCCCPc2ccccc2)cc1. The zero-order valence-electron chi connectivity index (χ0n) is 19.5. The molecular formula is C27H37ClP2Ru. The Balaban J connectivity index is 0.000000337. The van der Waals surface area contributed by atoms with Crippen molar-refractivity contribution in [3.8, 4) is 0 Å². The molecule has 31 heavy (non-hydrogen) atoms. The number of unbranched alkanes of at least 4 members (excludes halogenated alkanes) is 2. The molecule has 0 saturated carbocycles. The zero-order valence-corrected chi connectivity index (χ0v) is 24.0. The number of hydrogen-bond donors (Lipinski definition) is 0. The van der Waals surface area contributed by atoms with Crippen molar-refractivity contribution in [2.45, 2.75) is 53.9 Å². The average Bonchev–Trinajstić information content (AvgIpc) is 2.97. The quantitative estimate of drug-likeness (QED) is 0.133. The van der Waals surface area contributed by atoms with Gasteiger partial charge in [0.15, 0.2) is 0 Å². The maximum atomic E-state index is 4.57. The van der Waals surface area contributed by atoms with Crippen LogP contribution in [-0.4, -0.2) is 12.3 Å². The van der Waals surface area contributed by atoms with E-state index in [0.29, 0.717) is 0 Å². The van der Waals surface area contributed by atoms with E-state index in [2.05, 4.69) is 111 Å². The molecule has 2 aromatic rings. The van der Waals surface area contributed by atoms with Crippen LogP contribution in [0.3, 0.4) is 0 Å². The van der Waals surface area contributed by atoms with Crippen molar-refractivity contribution < 1.29 is 17.3 Å². The third-order valence-corrected chi connectivity index (χ3v) is 8.31. The Bertz CT molecular complexity index is 755. The monoisotopic (exact) mass is 560 g/mol. The summed E-state index contributed by atoms with van der Waals surface area (Å²) >= 11 is 1.82. The van der Waals surface area contributed by atoms with Crippen LogP contribution in [0.4, 0.5) is 0 Å². The molecule has 1 aliphatic carbocycles. The fraction of sp³-hybridized carbons (Fsp3) is 0.407. The first kappa shape index (κ1) is 28.7. The number of allylic oxidation sites excluding steroid dienone is 4. The zero-order chi connectivity index (χ0) is 23.1. The van der Waals surface area contributed by atoms with Gasteiger partial charge in [0.1, 0.15) is 0 Å². The van der Waals surface area contributed by atoms with E-state index >= 15 is 0 Å². The van der Waals surface area contributed by atoms with E-state index in [-0.39, 0.29) is 5.41 Å². The predicted octanol–water partition coefficient (Wildman–Crippen LogP) is 7.96. The molecule has 0 N–H and O–H groups in total. The summed E-state index contributed by atoms with van der Waals surface area (Å²) in [6, 6.07) is 21.7. The van der Waals surface area contributed by atoms with E-state index in [1.807, 2.05) is 17.3 Å². The maximum absolute atomic E-state index is 4.57. The van der Waals surface area contributed by atoms with Crippen molar-refractivity contribution in [3.63, 3.8) is 0 Å². The van der Waals surface area contributed by atoms with Crippen LogP contribution in [0.5, 0.6) is 0 Å². The van der Waals surface area contributed by atoms with Gasteiger partial charge >= 0.3 is 27.0 Å². The van der Waals surface area contributed by atoms with Crippen LogP contribution in [0, 0.1) is 11.5 Å². The normalized spacial score (nSPS) is 15.0. The van der Waals surface area contributed by atoms with Crippen LogP contribution < -0.4 is 10.6 Å². The number of rotatable bonds is 8. The smallest absolute Gasteiger partial charge is 0.0271 e. The molecule has 2 unspecified atom stereocenters. The molecule has 0 heterocycles. The minimum absolute atomic E-state index is 0.189. The summed E-state index contributed by atoms with van der Waals surface area (Å²) in [5.74, 6) is 0. The fourth-order valence-electron chi connectivity index (χ4n) is 3.41. The van der Waals surface area contributed by atoms with E-state index in [9.17, 15) is 0 Å². The van der Waals surface area contributed by atoms with Gasteiger partial charge in [-0.1, -0.05) is 117 Å². The number of hydrogen-bond acceptors (Lipinski definition) is 0. The van der Waals surface area contributed by atoms with E-state index in [1.54, 1.807) is 0 Å². The predicted molar refractivity (Wildman–Crippen MR) is 143 cm³/mol. The Morgan fingerprint density at radius 3 is 1.45 bits per heavy atom. The van der Waals surface area contributed by atoms with Crippen LogP contribution in [0.2, 0.25) is 0 Å². The van der Waals surface area contributed by atoms with E-state index in [0.717, 1.165) is 17.2 Å². The first-order valence-electron chi connectivity index (χ1n) is 10.9. The molecule has 3 rings (SSSR count). The van der Waals surface area contributed by atoms with Crippen molar-refractivity contribution in [1.29, 1.82) is 0 Å². The largest absolute Gasteiger partial charge is 0.0904 e. The van der Waals surface area contributed by atoms with E-state index in [4.69, 9.17) is 0 Å². The van der Waals surface area contributed by atoms with Gasteiger partial charge in [-0.05, 0) is 35.8 Å². The van der Waals surface area contributed by atoms with Gasteiger partial charge in [0.2, 0.25) is 0 Å². The van der Waals surface area contributed by atoms with Gasteiger partial charge in [-0.2, -0.15) is 11.1 Å². The standard InChI is InChI=1S/C17H22P2.C10H15.ClH.Ru/c1-4-10-16(11-5-1)18-14-8-3-9-15-19-17-12-6-2-7-13-17;1-7-6-10(4,5)9(3)8(7)2;;/h1-2,4-7,10-13,18-19H,3,8-9,14-15H2;1-5H3;1H;/q;-1;;+2/p-1. The van der Waals surface area contributed by atoms with Crippen molar-refractivity contribution >= 4 is 37.5 Å². The Labute approximate surface area is 209 Å². The topological polar surface area (TPSA) is 0 Å². The maximum Gasteiger partial charge on any atom is -0.0271 e. The molecule has 0 radical (unpaired) electrons. The van der Waals surface area contributed by atoms with Gasteiger partial charge in [0, 0.05) is 0 Å². The summed E-state index contributed by atoms with van der Waals surface area (Å²) in [5, 5.41) is 3.02. The van der Waals surface area contributed by atoms with Crippen molar-refractivity contribution in [1.82, 2.24) is 0 Å². The van der Waals surface area contributed by atoms with E-state index < -0.39 is 0 Å². The van der Waals surface area contributed by atoms with Crippen LogP contribution in [0.25, 0.3) is 0 Å². The second-order valence-corrected chi connectivity index (χ2v) is 11.1. The third-order valence-electron chi connectivity index (χ3n) is 5.62. The molecule has 0 aromatic heterocycles. The first-order valence-corrected chi connectivity index (χ1v) is 15.6. The van der Waals surface area contributed by atoms with Crippen LogP contribution in [-0.2, 0) is 17.3 Å². The molecule has 0 saturated heterocycles. The summed E-state index contributed by atoms with van der Waals surface area (Å²) in [7, 11) is 6.55. The molecule has 4 heteroatoms. The first-order chi connectivity index (χ1) is 14.9. The third kappa shape index (κ3) is 11.4. The van der Waals surface area contributed by atoms with Crippen molar-refractivity contribution in [3.05, 3.63) is 83.5 Å². The summed E-state index contributed by atoms with van der Waals surface area (Å²) in [6.45, 7) is 10.9. The van der Waals surface area contributed by atoms with Gasteiger partial charge in [-0.3, -0.25) is 6.08 Å². The minimum atomic E-state index is 0.189. The molecule has 0 nitrogen and oxygen atoms in total. The Morgan fingerprint density at radius 1 is 0.742 bits per heavy atom. The number of halogens is 1. The number of benzene rings is 2. The molecule has 0 aliphatic heterocycles. The summed E-state index contributed by atoms with van der Waals surface area (Å²) in [4.78, 5) is 0. The molecule has 0 fully saturated rings. The van der Waals surface area contributed by atoms with Crippen LogP contribution in [0.1, 0.15) is 53.9 Å². The molecule has 0 amide bonds. The average molecular weight is 560 g/mol. The van der Waals surface area contributed by atoms with Gasteiger partial charge in [-0.25, -0.2) is 5.57 Å².